The summed E-state index contributed by atoms with van der Waals surface area (Å²) in [4.78, 5) is 0. The number of hydrogen-bond donors (Lipinski definition) is 1. The Bertz CT molecular complexity index is 1200. The van der Waals surface area contributed by atoms with Gasteiger partial charge in [-0.2, -0.15) is 18.4 Å². The van der Waals surface area contributed by atoms with Gasteiger partial charge in [-0.15, -0.1) is 0 Å². The van der Waals surface area contributed by atoms with Crippen molar-refractivity contribution in [3.05, 3.63) is 99.9 Å². The van der Waals surface area contributed by atoms with E-state index in [1.54, 1.807) is 18.2 Å². The van der Waals surface area contributed by atoms with E-state index in [-0.39, 0.29) is 5.56 Å². The second-order valence-corrected chi connectivity index (χ2v) is 7.73. The first kappa shape index (κ1) is 26.4. The van der Waals surface area contributed by atoms with Gasteiger partial charge in [0.25, 0.3) is 0 Å². The molecule has 0 saturated carbocycles. The number of rotatable bonds is 7. The lowest BCUT2D eigenvalue weighted by Gasteiger charge is -2.10. The average Bonchev–Trinajstić information content (AvgIpc) is 2.79. The number of aromatic hydroxyl groups is 1. The largest absolute Gasteiger partial charge is 0.508 e. The highest BCUT2D eigenvalue weighted by atomic mass is 19.4. The van der Waals surface area contributed by atoms with Crippen molar-refractivity contribution in [1.82, 2.24) is 0 Å². The number of hydrogen-bond acceptors (Lipinski definition) is 3. The molecule has 2 rings (SSSR count). The Hall–Kier alpha value is -3.90. The highest BCUT2D eigenvalue weighted by molar-refractivity contribution is 5.53. The average molecular weight is 466 g/mol. The summed E-state index contributed by atoms with van der Waals surface area (Å²) in [6, 6.07) is 9.95. The second kappa shape index (κ2) is 12.4. The van der Waals surface area contributed by atoms with E-state index in [1.165, 1.54) is 6.07 Å². The number of aryl methyl sites for hydroxylation is 1. The van der Waals surface area contributed by atoms with Crippen LogP contribution >= 0.6 is 0 Å². The monoisotopic (exact) mass is 465 g/mol. The van der Waals surface area contributed by atoms with E-state index in [9.17, 15) is 23.5 Å². The Morgan fingerprint density at radius 2 is 1.76 bits per heavy atom. The summed E-state index contributed by atoms with van der Waals surface area (Å²) in [5, 5.41) is 18.7. The predicted molar refractivity (Wildman–Crippen MR) is 127 cm³/mol. The van der Waals surface area contributed by atoms with E-state index in [4.69, 9.17) is 4.74 Å². The van der Waals surface area contributed by atoms with E-state index < -0.39 is 17.5 Å². The maximum absolute atomic E-state index is 13.3. The maximum Gasteiger partial charge on any atom is 0.417 e. The number of phenols is 1. The summed E-state index contributed by atoms with van der Waals surface area (Å²) in [6.07, 6.45) is 4.11. The van der Waals surface area contributed by atoms with Gasteiger partial charge in [0.1, 0.15) is 11.5 Å². The Kier molecular flexibility index (Phi) is 9.59. The molecule has 0 saturated heterocycles. The molecule has 0 heterocycles. The number of ether oxygens (including phenoxy) is 1. The number of nitrogens with zero attached hydrogens (tertiary/aromatic N) is 1. The first-order valence-electron chi connectivity index (χ1n) is 10.7. The van der Waals surface area contributed by atoms with Crippen molar-refractivity contribution in [3.63, 3.8) is 0 Å². The molecule has 6 heteroatoms. The van der Waals surface area contributed by atoms with Crippen LogP contribution in [-0.4, -0.2) is 11.7 Å². The summed E-state index contributed by atoms with van der Waals surface area (Å²) in [5.41, 5.74) is 1.65. The quantitative estimate of drug-likeness (QED) is 0.206. The van der Waals surface area contributed by atoms with Crippen molar-refractivity contribution < 1.29 is 23.0 Å². The van der Waals surface area contributed by atoms with Gasteiger partial charge in [-0.3, -0.25) is 0 Å². The molecular formula is C28H26F3NO2. The summed E-state index contributed by atoms with van der Waals surface area (Å²) in [7, 11) is 0. The summed E-state index contributed by atoms with van der Waals surface area (Å²) in [6.45, 7) is 6.30. The maximum atomic E-state index is 13.3. The van der Waals surface area contributed by atoms with Crippen molar-refractivity contribution in [3.8, 4) is 23.7 Å². The summed E-state index contributed by atoms with van der Waals surface area (Å²) < 4.78 is 45.8. The molecular weight excluding hydrogens is 439 g/mol. The highest BCUT2D eigenvalue weighted by Gasteiger charge is 2.33. The SMILES string of the molecule is C/C=C\C(=C/C=C(C)C)OCCCc1cc(C#N)ccc1C#Cc1ccc(O)cc1C(F)(F)F. The zero-order valence-electron chi connectivity index (χ0n) is 19.3. The van der Waals surface area contributed by atoms with Crippen LogP contribution in [0, 0.1) is 23.2 Å². The zero-order chi connectivity index (χ0) is 25.1. The Labute approximate surface area is 198 Å². The summed E-state index contributed by atoms with van der Waals surface area (Å²) in [5.74, 6) is 5.62. The van der Waals surface area contributed by atoms with Gasteiger partial charge in [0, 0.05) is 11.1 Å². The molecule has 1 N–H and O–H groups in total. The minimum absolute atomic E-state index is 0.232. The molecule has 0 unspecified atom stereocenters. The third-order valence-corrected chi connectivity index (χ3v) is 4.65. The third kappa shape index (κ3) is 8.22. The minimum atomic E-state index is -4.64. The van der Waals surface area contributed by atoms with Crippen LogP contribution in [-0.2, 0) is 17.3 Å². The topological polar surface area (TPSA) is 53.2 Å². The van der Waals surface area contributed by atoms with Gasteiger partial charge in [-0.25, -0.2) is 0 Å². The molecule has 0 aliphatic rings. The van der Waals surface area contributed by atoms with Crippen LogP contribution in [0.3, 0.4) is 0 Å². The van der Waals surface area contributed by atoms with Crippen LogP contribution < -0.4 is 0 Å². The molecule has 0 fully saturated rings. The number of allylic oxidation sites excluding steroid dienone is 5. The highest BCUT2D eigenvalue weighted by Crippen LogP contribution is 2.33. The van der Waals surface area contributed by atoms with Crippen LogP contribution in [0.5, 0.6) is 5.75 Å². The van der Waals surface area contributed by atoms with E-state index in [2.05, 4.69) is 17.9 Å². The van der Waals surface area contributed by atoms with Crippen molar-refractivity contribution in [2.75, 3.05) is 6.61 Å². The molecule has 0 aliphatic carbocycles. The number of alkyl halides is 3. The molecule has 3 nitrogen and oxygen atoms in total. The van der Waals surface area contributed by atoms with Gasteiger partial charge >= 0.3 is 6.18 Å². The van der Waals surface area contributed by atoms with Crippen LogP contribution in [0.25, 0.3) is 0 Å². The van der Waals surface area contributed by atoms with Crippen molar-refractivity contribution >= 4 is 0 Å². The molecule has 0 aromatic heterocycles. The van der Waals surface area contributed by atoms with Crippen LogP contribution in [0.15, 0.2) is 72.0 Å². The fourth-order valence-corrected chi connectivity index (χ4v) is 3.02. The van der Waals surface area contributed by atoms with E-state index in [0.717, 1.165) is 23.0 Å². The fraction of sp³-hybridized carbons (Fsp3) is 0.250. The lowest BCUT2D eigenvalue weighted by atomic mass is 9.99. The van der Waals surface area contributed by atoms with Gasteiger partial charge in [0.2, 0.25) is 0 Å². The van der Waals surface area contributed by atoms with E-state index >= 15 is 0 Å². The first-order chi connectivity index (χ1) is 16.1. The molecule has 2 aromatic carbocycles. The Morgan fingerprint density at radius 3 is 2.41 bits per heavy atom. The van der Waals surface area contributed by atoms with Crippen LogP contribution in [0.1, 0.15) is 55.0 Å². The minimum Gasteiger partial charge on any atom is -0.508 e. The predicted octanol–water partition coefficient (Wildman–Crippen LogP) is 7.06. The van der Waals surface area contributed by atoms with E-state index in [1.807, 2.05) is 45.1 Å². The second-order valence-electron chi connectivity index (χ2n) is 7.73. The number of halogens is 3. The zero-order valence-corrected chi connectivity index (χ0v) is 19.3. The molecule has 0 amide bonds. The van der Waals surface area contributed by atoms with Gasteiger partial charge in [-0.05, 0) is 87.7 Å². The van der Waals surface area contributed by atoms with Crippen molar-refractivity contribution in [2.45, 2.75) is 39.8 Å². The Morgan fingerprint density at radius 1 is 1.06 bits per heavy atom. The molecule has 0 aliphatic heterocycles. The lowest BCUT2D eigenvalue weighted by Crippen LogP contribution is -2.07. The van der Waals surface area contributed by atoms with Crippen molar-refractivity contribution in [2.24, 2.45) is 0 Å². The van der Waals surface area contributed by atoms with Gasteiger partial charge in [-0.1, -0.05) is 29.6 Å². The first-order valence-corrected chi connectivity index (χ1v) is 10.7. The molecule has 0 bridgehead atoms. The molecule has 2 aromatic rings. The number of nitriles is 1. The molecule has 0 spiro atoms. The molecule has 0 radical (unpaired) electrons. The summed E-state index contributed by atoms with van der Waals surface area (Å²) >= 11 is 0. The van der Waals surface area contributed by atoms with Crippen molar-refractivity contribution in [1.29, 1.82) is 5.26 Å². The standard InChI is InChI=1S/C28H26F3NO2/c1-4-6-26(15-8-20(2)3)34-16-5-7-24-17-21(19-32)9-10-22(24)11-12-23-13-14-25(33)18-27(23)28(29,30)31/h4,6,8-10,13-15,17-18,33H,5,7,16H2,1-3H3/b6-4-,26-15+. The van der Waals surface area contributed by atoms with Crippen LogP contribution in [0.2, 0.25) is 0 Å². The Balaban J connectivity index is 2.24. The fourth-order valence-electron chi connectivity index (χ4n) is 3.02. The van der Waals surface area contributed by atoms with Gasteiger partial charge < -0.3 is 9.84 Å². The normalized spacial score (nSPS) is 11.5. The molecule has 0 atom stereocenters. The molecule has 176 valence electrons. The third-order valence-electron chi connectivity index (χ3n) is 4.65. The van der Waals surface area contributed by atoms with E-state index in [0.29, 0.717) is 36.6 Å². The van der Waals surface area contributed by atoms with Gasteiger partial charge in [0.15, 0.2) is 0 Å². The van der Waals surface area contributed by atoms with Crippen LogP contribution in [0.4, 0.5) is 13.2 Å². The molecule has 34 heavy (non-hydrogen) atoms. The number of benzene rings is 2. The van der Waals surface area contributed by atoms with Gasteiger partial charge in [0.05, 0.1) is 23.8 Å². The number of phenolic OH excluding ortho intramolecular Hbond substituents is 1. The smallest absolute Gasteiger partial charge is 0.417 e. The lowest BCUT2D eigenvalue weighted by molar-refractivity contribution is -0.137.